The lowest BCUT2D eigenvalue weighted by molar-refractivity contribution is 0.582. The minimum atomic E-state index is 0.618. The van der Waals surface area contributed by atoms with Gasteiger partial charge in [-0.25, -0.2) is 0 Å². The van der Waals surface area contributed by atoms with Crippen molar-refractivity contribution in [2.24, 2.45) is 0 Å². The first-order valence-electron chi connectivity index (χ1n) is 4.70. The van der Waals surface area contributed by atoms with Crippen LogP contribution in [0.4, 0.5) is 0 Å². The molecule has 0 aromatic carbocycles. The van der Waals surface area contributed by atoms with Crippen LogP contribution in [0.1, 0.15) is 47.0 Å². The van der Waals surface area contributed by atoms with Crippen molar-refractivity contribution in [3.63, 3.8) is 0 Å². The van der Waals surface area contributed by atoms with E-state index in [0.29, 0.717) is 6.04 Å². The van der Waals surface area contributed by atoms with E-state index >= 15 is 0 Å². The molecule has 0 radical (unpaired) electrons. The molecule has 0 amide bonds. The van der Waals surface area contributed by atoms with E-state index in [-0.39, 0.29) is 0 Å². The van der Waals surface area contributed by atoms with Crippen LogP contribution in [0.3, 0.4) is 0 Å². The van der Waals surface area contributed by atoms with Crippen LogP contribution < -0.4 is 5.32 Å². The van der Waals surface area contributed by atoms with Gasteiger partial charge in [0.1, 0.15) is 0 Å². The third-order valence-electron chi connectivity index (χ3n) is 1.88. The molecule has 0 rings (SSSR count). The van der Waals surface area contributed by atoms with Crippen LogP contribution in [0.15, 0.2) is 11.8 Å². The van der Waals surface area contributed by atoms with Gasteiger partial charge >= 0.3 is 0 Å². The third kappa shape index (κ3) is 4.88. The summed E-state index contributed by atoms with van der Waals surface area (Å²) in [7, 11) is 0. The zero-order valence-corrected chi connectivity index (χ0v) is 8.28. The summed E-state index contributed by atoms with van der Waals surface area (Å²) in [6.45, 7) is 8.79. The van der Waals surface area contributed by atoms with Crippen LogP contribution in [0.2, 0.25) is 0 Å². The molecule has 0 aliphatic rings. The zero-order valence-electron chi connectivity index (χ0n) is 8.28. The molecule has 0 aliphatic carbocycles. The zero-order chi connectivity index (χ0) is 8.69. The fourth-order valence-electron chi connectivity index (χ4n) is 0.970. The summed E-state index contributed by atoms with van der Waals surface area (Å²) in [5.41, 5.74) is 1.39. The second kappa shape index (κ2) is 6.26. The Bertz CT molecular complexity index is 116. The van der Waals surface area contributed by atoms with E-state index in [1.54, 1.807) is 0 Å². The molecule has 0 bridgehead atoms. The quantitative estimate of drug-likeness (QED) is 0.643. The third-order valence-corrected chi connectivity index (χ3v) is 1.88. The van der Waals surface area contributed by atoms with Gasteiger partial charge < -0.3 is 5.32 Å². The van der Waals surface area contributed by atoms with Crippen molar-refractivity contribution >= 4 is 0 Å². The molecule has 0 aliphatic heterocycles. The van der Waals surface area contributed by atoms with Gasteiger partial charge in [-0.1, -0.05) is 26.8 Å². The molecule has 0 fully saturated rings. The van der Waals surface area contributed by atoms with Crippen LogP contribution >= 0.6 is 0 Å². The van der Waals surface area contributed by atoms with Crippen molar-refractivity contribution in [2.75, 3.05) is 0 Å². The Morgan fingerprint density at radius 3 is 2.36 bits per heavy atom. The van der Waals surface area contributed by atoms with E-state index in [0.717, 1.165) is 12.8 Å². The van der Waals surface area contributed by atoms with E-state index in [1.165, 1.54) is 12.1 Å². The molecule has 0 spiro atoms. The summed E-state index contributed by atoms with van der Waals surface area (Å²) in [5.74, 6) is 0. The maximum Gasteiger partial charge on any atom is 0.0227 e. The lowest BCUT2D eigenvalue weighted by Crippen LogP contribution is -2.24. The molecule has 0 aromatic heterocycles. The first kappa shape index (κ1) is 10.5. The van der Waals surface area contributed by atoms with E-state index in [4.69, 9.17) is 0 Å². The van der Waals surface area contributed by atoms with Crippen LogP contribution in [-0.2, 0) is 0 Å². The van der Waals surface area contributed by atoms with Crippen molar-refractivity contribution in [3.8, 4) is 0 Å². The van der Waals surface area contributed by atoms with Gasteiger partial charge in [-0.2, -0.15) is 0 Å². The standard InChI is InChI=1S/C10H21N/c1-5-8-10(7-3)11-9(4)6-2/h8-9,11H,5-7H2,1-4H3. The van der Waals surface area contributed by atoms with Gasteiger partial charge in [0, 0.05) is 11.7 Å². The summed E-state index contributed by atoms with van der Waals surface area (Å²) in [5, 5.41) is 3.48. The average Bonchev–Trinajstić information content (AvgIpc) is 2.03. The highest BCUT2D eigenvalue weighted by atomic mass is 14.9. The molecular weight excluding hydrogens is 134 g/mol. The van der Waals surface area contributed by atoms with E-state index in [1.807, 2.05) is 0 Å². The van der Waals surface area contributed by atoms with Crippen LogP contribution in [0.25, 0.3) is 0 Å². The van der Waals surface area contributed by atoms with Crippen molar-refractivity contribution in [1.29, 1.82) is 0 Å². The Morgan fingerprint density at radius 1 is 1.36 bits per heavy atom. The molecule has 1 N–H and O–H groups in total. The molecule has 0 saturated carbocycles. The smallest absolute Gasteiger partial charge is 0.0227 e. The lowest BCUT2D eigenvalue weighted by atomic mass is 10.2. The molecule has 1 atom stereocenters. The number of rotatable bonds is 5. The largest absolute Gasteiger partial charge is 0.386 e. The number of nitrogens with one attached hydrogen (secondary N) is 1. The molecule has 0 saturated heterocycles. The molecule has 1 heteroatoms. The van der Waals surface area contributed by atoms with Gasteiger partial charge in [0.05, 0.1) is 0 Å². The first-order valence-corrected chi connectivity index (χ1v) is 4.70. The second-order valence-electron chi connectivity index (χ2n) is 2.94. The minimum absolute atomic E-state index is 0.618. The van der Waals surface area contributed by atoms with Gasteiger partial charge in [-0.15, -0.1) is 0 Å². The van der Waals surface area contributed by atoms with E-state index < -0.39 is 0 Å². The van der Waals surface area contributed by atoms with E-state index in [9.17, 15) is 0 Å². The maximum atomic E-state index is 3.48. The molecule has 0 heterocycles. The Kier molecular flexibility index (Phi) is 6.00. The van der Waals surface area contributed by atoms with Crippen LogP contribution in [0, 0.1) is 0 Å². The summed E-state index contributed by atoms with van der Waals surface area (Å²) < 4.78 is 0. The van der Waals surface area contributed by atoms with Crippen LogP contribution in [0.5, 0.6) is 0 Å². The predicted molar refractivity (Wildman–Crippen MR) is 51.6 cm³/mol. The van der Waals surface area contributed by atoms with Crippen molar-refractivity contribution in [3.05, 3.63) is 11.8 Å². The van der Waals surface area contributed by atoms with Crippen molar-refractivity contribution in [1.82, 2.24) is 5.32 Å². The molecule has 0 aromatic rings. The van der Waals surface area contributed by atoms with Gasteiger partial charge in [-0.3, -0.25) is 0 Å². The summed E-state index contributed by atoms with van der Waals surface area (Å²) >= 11 is 0. The summed E-state index contributed by atoms with van der Waals surface area (Å²) in [6.07, 6.45) is 5.72. The topological polar surface area (TPSA) is 12.0 Å². The monoisotopic (exact) mass is 155 g/mol. The number of allylic oxidation sites excluding steroid dienone is 2. The Labute approximate surface area is 70.9 Å². The van der Waals surface area contributed by atoms with Gasteiger partial charge in [-0.05, 0) is 26.2 Å². The first-order chi connectivity index (χ1) is 5.24. The second-order valence-corrected chi connectivity index (χ2v) is 2.94. The fraction of sp³-hybridized carbons (Fsp3) is 0.800. The van der Waals surface area contributed by atoms with Crippen molar-refractivity contribution < 1.29 is 0 Å². The van der Waals surface area contributed by atoms with E-state index in [2.05, 4.69) is 39.1 Å². The highest BCUT2D eigenvalue weighted by Crippen LogP contribution is 2.01. The lowest BCUT2D eigenvalue weighted by Gasteiger charge is -2.14. The maximum absolute atomic E-state index is 3.48. The van der Waals surface area contributed by atoms with Gasteiger partial charge in [0.25, 0.3) is 0 Å². The van der Waals surface area contributed by atoms with Crippen molar-refractivity contribution in [2.45, 2.75) is 53.0 Å². The molecule has 1 unspecified atom stereocenters. The molecule has 1 nitrogen and oxygen atoms in total. The summed E-state index contributed by atoms with van der Waals surface area (Å²) in [6, 6.07) is 0.618. The van der Waals surface area contributed by atoms with Gasteiger partial charge in [0.2, 0.25) is 0 Å². The molecule has 11 heavy (non-hydrogen) atoms. The minimum Gasteiger partial charge on any atom is -0.386 e. The predicted octanol–water partition coefficient (Wildman–Crippen LogP) is 3.08. The highest BCUT2D eigenvalue weighted by Gasteiger charge is 1.97. The average molecular weight is 155 g/mol. The summed E-state index contributed by atoms with van der Waals surface area (Å²) in [4.78, 5) is 0. The number of hydrogen-bond donors (Lipinski definition) is 1. The van der Waals surface area contributed by atoms with Crippen LogP contribution in [-0.4, -0.2) is 6.04 Å². The Hall–Kier alpha value is -0.460. The Balaban J connectivity index is 3.77. The molecule has 66 valence electrons. The Morgan fingerprint density at radius 2 is 2.00 bits per heavy atom. The molecular formula is C10H21N. The normalized spacial score (nSPS) is 14.7. The fourth-order valence-corrected chi connectivity index (χ4v) is 0.970. The number of hydrogen-bond acceptors (Lipinski definition) is 1. The SMILES string of the molecule is CCC=C(CC)NC(C)CC. The van der Waals surface area contributed by atoms with Gasteiger partial charge in [0.15, 0.2) is 0 Å². The highest BCUT2D eigenvalue weighted by molar-refractivity contribution is 4.99.